The van der Waals surface area contributed by atoms with Crippen LogP contribution in [0.25, 0.3) is 0 Å². The highest BCUT2D eigenvalue weighted by Gasteiger charge is 2.18. The summed E-state index contributed by atoms with van der Waals surface area (Å²) in [6.07, 6.45) is 0.503. The van der Waals surface area contributed by atoms with Gasteiger partial charge >= 0.3 is 0 Å². The fraction of sp³-hybridized carbons (Fsp3) is 0.917. The van der Waals surface area contributed by atoms with Gasteiger partial charge in [-0.25, -0.2) is 0 Å². The van der Waals surface area contributed by atoms with Crippen molar-refractivity contribution in [3.05, 3.63) is 0 Å². The van der Waals surface area contributed by atoms with Crippen molar-refractivity contribution < 1.29 is 14.3 Å². The summed E-state index contributed by atoms with van der Waals surface area (Å²) in [7, 11) is 0. The maximum atomic E-state index is 11.0. The number of likely N-dealkylation sites (N-methyl/N-ethyl adjacent to an activating group) is 1. The van der Waals surface area contributed by atoms with Gasteiger partial charge < -0.3 is 20.1 Å². The van der Waals surface area contributed by atoms with E-state index in [0.29, 0.717) is 26.2 Å². The van der Waals surface area contributed by atoms with Gasteiger partial charge in [-0.15, -0.1) is 0 Å². The number of carbonyl (C=O) groups excluding carboxylic acids is 1. The van der Waals surface area contributed by atoms with Gasteiger partial charge in [0.15, 0.2) is 5.79 Å². The Morgan fingerprint density at radius 1 is 1.12 bits per heavy atom. The first kappa shape index (κ1) is 16.4. The number of nitrogens with one attached hydrogen (secondary N) is 2. The summed E-state index contributed by atoms with van der Waals surface area (Å²) in [5, 5.41) is 5.92. The molecule has 0 unspecified atom stereocenters. The molecule has 0 fully saturated rings. The lowest BCUT2D eigenvalue weighted by atomic mass is 10.4. The first-order chi connectivity index (χ1) is 8.02. The second kappa shape index (κ2) is 9.39. The number of hydrogen-bond acceptors (Lipinski definition) is 4. The van der Waals surface area contributed by atoms with Gasteiger partial charge in [-0.3, -0.25) is 4.79 Å². The van der Waals surface area contributed by atoms with Crippen molar-refractivity contribution in [1.82, 2.24) is 10.6 Å². The van der Waals surface area contributed by atoms with E-state index < -0.39 is 5.79 Å². The van der Waals surface area contributed by atoms with Crippen LogP contribution >= 0.6 is 0 Å². The van der Waals surface area contributed by atoms with E-state index in [2.05, 4.69) is 17.6 Å². The topological polar surface area (TPSA) is 59.6 Å². The standard InChI is InChI=1S/C12H26N2O3/c1-5-11(15)14-8-10-17-12(3,4)16-9-7-13-6-2/h13H,5-10H2,1-4H3,(H,14,15). The molecule has 0 heterocycles. The zero-order valence-electron chi connectivity index (χ0n) is 11.5. The van der Waals surface area contributed by atoms with E-state index in [9.17, 15) is 4.79 Å². The molecule has 0 aliphatic heterocycles. The van der Waals surface area contributed by atoms with Crippen LogP contribution in [0.15, 0.2) is 0 Å². The van der Waals surface area contributed by atoms with Crippen molar-refractivity contribution in [2.24, 2.45) is 0 Å². The summed E-state index contributed by atoms with van der Waals surface area (Å²) >= 11 is 0. The van der Waals surface area contributed by atoms with Crippen LogP contribution in [0.4, 0.5) is 0 Å². The number of ether oxygens (including phenoxy) is 2. The molecule has 0 bridgehead atoms. The average molecular weight is 246 g/mol. The van der Waals surface area contributed by atoms with Crippen LogP contribution in [-0.2, 0) is 14.3 Å². The quantitative estimate of drug-likeness (QED) is 0.444. The Morgan fingerprint density at radius 3 is 2.24 bits per heavy atom. The van der Waals surface area contributed by atoms with Crippen LogP contribution in [0.2, 0.25) is 0 Å². The fourth-order valence-corrected chi connectivity index (χ4v) is 1.20. The molecule has 0 radical (unpaired) electrons. The third-order valence-electron chi connectivity index (χ3n) is 2.17. The minimum atomic E-state index is -0.605. The highest BCUT2D eigenvalue weighted by molar-refractivity contribution is 5.75. The van der Waals surface area contributed by atoms with Gasteiger partial charge in [-0.05, 0) is 20.4 Å². The second-order valence-corrected chi connectivity index (χ2v) is 4.15. The molecular weight excluding hydrogens is 220 g/mol. The smallest absolute Gasteiger partial charge is 0.219 e. The minimum Gasteiger partial charge on any atom is -0.354 e. The minimum absolute atomic E-state index is 0.0412. The van der Waals surface area contributed by atoms with Crippen molar-refractivity contribution in [3.63, 3.8) is 0 Å². The van der Waals surface area contributed by atoms with E-state index in [1.54, 1.807) is 0 Å². The van der Waals surface area contributed by atoms with Crippen LogP contribution in [0.1, 0.15) is 34.1 Å². The van der Waals surface area contributed by atoms with Gasteiger partial charge in [-0.2, -0.15) is 0 Å². The predicted molar refractivity (Wildman–Crippen MR) is 67.8 cm³/mol. The molecule has 0 atom stereocenters. The van der Waals surface area contributed by atoms with Gasteiger partial charge in [0, 0.05) is 19.5 Å². The van der Waals surface area contributed by atoms with Crippen LogP contribution in [0, 0.1) is 0 Å². The molecule has 0 aromatic rings. The van der Waals surface area contributed by atoms with Gasteiger partial charge in [-0.1, -0.05) is 13.8 Å². The third-order valence-corrected chi connectivity index (χ3v) is 2.17. The molecule has 102 valence electrons. The summed E-state index contributed by atoms with van der Waals surface area (Å²) in [4.78, 5) is 11.0. The van der Waals surface area contributed by atoms with Crippen molar-refractivity contribution >= 4 is 5.91 Å². The lowest BCUT2D eigenvalue weighted by molar-refractivity contribution is -0.211. The molecule has 0 aromatic heterocycles. The number of hydrogen-bond donors (Lipinski definition) is 2. The predicted octanol–water partition coefficient (Wildman–Crippen LogP) is 0.891. The zero-order chi connectivity index (χ0) is 13.1. The highest BCUT2D eigenvalue weighted by atomic mass is 16.7. The fourth-order valence-electron chi connectivity index (χ4n) is 1.20. The lowest BCUT2D eigenvalue weighted by Gasteiger charge is -2.25. The molecule has 0 rings (SSSR count). The number of carbonyl (C=O) groups is 1. The summed E-state index contributed by atoms with van der Waals surface area (Å²) < 4.78 is 11.1. The Balaban J connectivity index is 3.52. The van der Waals surface area contributed by atoms with Crippen molar-refractivity contribution in [1.29, 1.82) is 0 Å². The summed E-state index contributed by atoms with van der Waals surface area (Å²) in [6, 6.07) is 0. The van der Waals surface area contributed by atoms with Gasteiger partial charge in [0.05, 0.1) is 13.2 Å². The number of rotatable bonds is 10. The second-order valence-electron chi connectivity index (χ2n) is 4.15. The van der Waals surface area contributed by atoms with E-state index in [4.69, 9.17) is 9.47 Å². The maximum absolute atomic E-state index is 11.0. The van der Waals surface area contributed by atoms with E-state index >= 15 is 0 Å². The molecule has 2 N–H and O–H groups in total. The summed E-state index contributed by atoms with van der Waals surface area (Å²) in [5.41, 5.74) is 0. The Labute approximate surface area is 104 Å². The third kappa shape index (κ3) is 10.2. The van der Waals surface area contributed by atoms with Crippen molar-refractivity contribution in [3.8, 4) is 0 Å². The largest absolute Gasteiger partial charge is 0.354 e. The lowest BCUT2D eigenvalue weighted by Crippen LogP contribution is -2.35. The Bertz CT molecular complexity index is 208. The molecule has 0 spiro atoms. The van der Waals surface area contributed by atoms with E-state index in [-0.39, 0.29) is 5.91 Å². The molecule has 0 saturated carbocycles. The molecule has 5 nitrogen and oxygen atoms in total. The first-order valence-corrected chi connectivity index (χ1v) is 6.27. The summed E-state index contributed by atoms with van der Waals surface area (Å²) in [5.74, 6) is -0.564. The molecule has 0 saturated heterocycles. The molecule has 17 heavy (non-hydrogen) atoms. The molecule has 0 aliphatic carbocycles. The summed E-state index contributed by atoms with van der Waals surface area (Å²) in [6.45, 7) is 11.0. The highest BCUT2D eigenvalue weighted by Crippen LogP contribution is 2.09. The Kier molecular flexibility index (Phi) is 9.03. The van der Waals surface area contributed by atoms with Crippen LogP contribution in [0.5, 0.6) is 0 Å². The van der Waals surface area contributed by atoms with Crippen molar-refractivity contribution in [2.75, 3.05) is 32.8 Å². The monoisotopic (exact) mass is 246 g/mol. The Hall–Kier alpha value is -0.650. The van der Waals surface area contributed by atoms with Crippen molar-refractivity contribution in [2.45, 2.75) is 39.9 Å². The van der Waals surface area contributed by atoms with E-state index in [0.717, 1.165) is 13.1 Å². The van der Waals surface area contributed by atoms with Crippen LogP contribution < -0.4 is 10.6 Å². The molecule has 0 aromatic carbocycles. The van der Waals surface area contributed by atoms with E-state index in [1.807, 2.05) is 20.8 Å². The number of amides is 1. The molecule has 0 aliphatic rings. The molecular formula is C12H26N2O3. The normalized spacial score (nSPS) is 11.5. The average Bonchev–Trinajstić information content (AvgIpc) is 2.30. The molecule has 1 amide bonds. The van der Waals surface area contributed by atoms with E-state index in [1.165, 1.54) is 0 Å². The van der Waals surface area contributed by atoms with Gasteiger partial charge in [0.1, 0.15) is 0 Å². The SMILES string of the molecule is CCNCCOC(C)(C)OCCNC(=O)CC. The van der Waals surface area contributed by atoms with Gasteiger partial charge in [0.2, 0.25) is 5.91 Å². The Morgan fingerprint density at radius 2 is 1.71 bits per heavy atom. The zero-order valence-corrected chi connectivity index (χ0v) is 11.5. The molecule has 5 heteroatoms. The van der Waals surface area contributed by atoms with Gasteiger partial charge in [0.25, 0.3) is 0 Å². The first-order valence-electron chi connectivity index (χ1n) is 6.27. The van der Waals surface area contributed by atoms with Crippen LogP contribution in [-0.4, -0.2) is 44.5 Å². The van der Waals surface area contributed by atoms with Crippen LogP contribution in [0.3, 0.4) is 0 Å². The maximum Gasteiger partial charge on any atom is 0.219 e.